The first-order valence-corrected chi connectivity index (χ1v) is 7.66. The van der Waals surface area contributed by atoms with Crippen LogP contribution >= 0.6 is 15.9 Å². The molecule has 0 radical (unpaired) electrons. The first-order valence-electron chi connectivity index (χ1n) is 6.86. The van der Waals surface area contributed by atoms with E-state index in [-0.39, 0.29) is 10.6 Å². The first-order chi connectivity index (χ1) is 10.1. The molecule has 4 nitrogen and oxygen atoms in total. The van der Waals surface area contributed by atoms with E-state index < -0.39 is 0 Å². The Hall–Kier alpha value is -1.72. The average molecular weight is 347 g/mol. The molecule has 0 bridgehead atoms. The minimum Gasteiger partial charge on any atom is -0.309 e. The molecule has 0 unspecified atom stereocenters. The molecule has 108 valence electrons. The molecule has 1 aliphatic rings. The molecule has 0 aliphatic heterocycles. The van der Waals surface area contributed by atoms with Crippen molar-refractivity contribution in [2.45, 2.75) is 25.4 Å². The summed E-state index contributed by atoms with van der Waals surface area (Å²) in [5, 5.41) is 14.5. The summed E-state index contributed by atoms with van der Waals surface area (Å²) in [5.74, 6) is 0. The number of halogens is 1. The highest BCUT2D eigenvalue weighted by Crippen LogP contribution is 2.25. The molecule has 5 heteroatoms. The van der Waals surface area contributed by atoms with Crippen LogP contribution in [0, 0.1) is 10.1 Å². The maximum absolute atomic E-state index is 11.1. The van der Waals surface area contributed by atoms with Crippen molar-refractivity contribution >= 4 is 21.6 Å². The molecule has 0 fully saturated rings. The van der Waals surface area contributed by atoms with Gasteiger partial charge in [-0.1, -0.05) is 40.2 Å². The number of hydrogen-bond acceptors (Lipinski definition) is 3. The third-order valence-electron chi connectivity index (χ3n) is 3.87. The van der Waals surface area contributed by atoms with E-state index in [2.05, 4.69) is 45.5 Å². The van der Waals surface area contributed by atoms with Crippen LogP contribution in [0.25, 0.3) is 0 Å². The van der Waals surface area contributed by atoms with E-state index >= 15 is 0 Å². The Balaban J connectivity index is 1.69. The van der Waals surface area contributed by atoms with Crippen LogP contribution in [0.3, 0.4) is 0 Å². The predicted molar refractivity (Wildman–Crippen MR) is 85.3 cm³/mol. The number of nitro groups is 1. The second-order valence-corrected chi connectivity index (χ2v) is 6.20. The summed E-state index contributed by atoms with van der Waals surface area (Å²) in [5.41, 5.74) is 3.63. The van der Waals surface area contributed by atoms with Gasteiger partial charge in [0.15, 0.2) is 0 Å². The molecule has 0 heterocycles. The molecule has 0 atom stereocenters. The van der Waals surface area contributed by atoms with Gasteiger partial charge in [-0.15, -0.1) is 0 Å². The van der Waals surface area contributed by atoms with Crippen LogP contribution in [0.1, 0.15) is 16.7 Å². The Kier molecular flexibility index (Phi) is 4.03. The second-order valence-electron chi connectivity index (χ2n) is 5.28. The van der Waals surface area contributed by atoms with Crippen LogP contribution in [0.15, 0.2) is 46.9 Å². The van der Waals surface area contributed by atoms with E-state index in [0.717, 1.165) is 17.3 Å². The fourth-order valence-electron chi connectivity index (χ4n) is 2.83. The summed E-state index contributed by atoms with van der Waals surface area (Å²) in [7, 11) is 0. The van der Waals surface area contributed by atoms with Gasteiger partial charge in [0.2, 0.25) is 0 Å². The summed E-state index contributed by atoms with van der Waals surface area (Å²) in [4.78, 5) is 10.7. The summed E-state index contributed by atoms with van der Waals surface area (Å²) < 4.78 is 0.861. The number of hydrogen-bond donors (Lipinski definition) is 1. The zero-order valence-corrected chi connectivity index (χ0v) is 13.0. The van der Waals surface area contributed by atoms with Crippen molar-refractivity contribution in [1.29, 1.82) is 0 Å². The average Bonchev–Trinajstić information content (AvgIpc) is 2.87. The molecule has 2 aromatic carbocycles. The molecular formula is C16H15BrN2O2. The Morgan fingerprint density at radius 1 is 1.19 bits per heavy atom. The SMILES string of the molecule is O=[N+]([O-])c1ccc(Br)cc1CNC1Cc2ccccc2C1. The lowest BCUT2D eigenvalue weighted by atomic mass is 10.1. The Bertz CT molecular complexity index is 663. The molecule has 0 aromatic heterocycles. The molecule has 0 saturated carbocycles. The van der Waals surface area contributed by atoms with Crippen molar-refractivity contribution in [3.8, 4) is 0 Å². The summed E-state index contributed by atoms with van der Waals surface area (Å²) in [6, 6.07) is 13.8. The van der Waals surface area contributed by atoms with Gasteiger partial charge in [0.05, 0.1) is 4.92 Å². The summed E-state index contributed by atoms with van der Waals surface area (Å²) in [6.07, 6.45) is 1.97. The maximum atomic E-state index is 11.1. The number of nitrogens with zero attached hydrogens (tertiary/aromatic N) is 1. The normalized spacial score (nSPS) is 14.1. The van der Waals surface area contributed by atoms with Gasteiger partial charge in [0.25, 0.3) is 5.69 Å². The number of nitro benzene ring substituents is 1. The van der Waals surface area contributed by atoms with Gasteiger partial charge in [-0.3, -0.25) is 10.1 Å². The van der Waals surface area contributed by atoms with E-state index in [9.17, 15) is 10.1 Å². The Morgan fingerprint density at radius 3 is 2.48 bits per heavy atom. The summed E-state index contributed by atoms with van der Waals surface area (Å²) in [6.45, 7) is 0.508. The highest BCUT2D eigenvalue weighted by atomic mass is 79.9. The van der Waals surface area contributed by atoms with Gasteiger partial charge in [-0.05, 0) is 36.1 Å². The number of rotatable bonds is 4. The van der Waals surface area contributed by atoms with Gasteiger partial charge in [-0.2, -0.15) is 0 Å². The van der Waals surface area contributed by atoms with Gasteiger partial charge in [-0.25, -0.2) is 0 Å². The molecule has 1 N–H and O–H groups in total. The van der Waals surface area contributed by atoms with E-state index in [1.54, 1.807) is 12.1 Å². The molecule has 21 heavy (non-hydrogen) atoms. The van der Waals surface area contributed by atoms with Crippen LogP contribution in [-0.2, 0) is 19.4 Å². The molecule has 0 spiro atoms. The van der Waals surface area contributed by atoms with Gasteiger partial charge in [0.1, 0.15) is 0 Å². The van der Waals surface area contributed by atoms with E-state index in [1.165, 1.54) is 11.1 Å². The number of fused-ring (bicyclic) bond motifs is 1. The first kappa shape index (κ1) is 14.2. The van der Waals surface area contributed by atoms with Crippen LogP contribution in [-0.4, -0.2) is 11.0 Å². The summed E-state index contributed by atoms with van der Waals surface area (Å²) >= 11 is 3.37. The molecule has 2 aromatic rings. The minimum absolute atomic E-state index is 0.168. The zero-order valence-electron chi connectivity index (χ0n) is 11.4. The maximum Gasteiger partial charge on any atom is 0.273 e. The van der Waals surface area contributed by atoms with Crippen molar-refractivity contribution in [3.05, 3.63) is 73.7 Å². The van der Waals surface area contributed by atoms with Gasteiger partial charge >= 0.3 is 0 Å². The molecule has 3 rings (SSSR count). The highest BCUT2D eigenvalue weighted by Gasteiger charge is 2.21. The van der Waals surface area contributed by atoms with Crippen molar-refractivity contribution in [2.24, 2.45) is 0 Å². The third kappa shape index (κ3) is 3.14. The van der Waals surface area contributed by atoms with Crippen LogP contribution in [0.5, 0.6) is 0 Å². The lowest BCUT2D eigenvalue weighted by Gasteiger charge is -2.12. The number of nitrogens with one attached hydrogen (secondary N) is 1. The fraction of sp³-hybridized carbons (Fsp3) is 0.250. The predicted octanol–water partition coefficient (Wildman–Crippen LogP) is 3.61. The van der Waals surface area contributed by atoms with Gasteiger partial charge < -0.3 is 5.32 Å². The van der Waals surface area contributed by atoms with Crippen LogP contribution in [0.2, 0.25) is 0 Å². The monoisotopic (exact) mass is 346 g/mol. The lowest BCUT2D eigenvalue weighted by molar-refractivity contribution is -0.385. The van der Waals surface area contributed by atoms with Crippen molar-refractivity contribution in [2.75, 3.05) is 0 Å². The Morgan fingerprint density at radius 2 is 1.86 bits per heavy atom. The second kappa shape index (κ2) is 5.95. The Labute approximate surface area is 131 Å². The molecule has 0 amide bonds. The van der Waals surface area contributed by atoms with Crippen molar-refractivity contribution < 1.29 is 4.92 Å². The van der Waals surface area contributed by atoms with Crippen molar-refractivity contribution in [3.63, 3.8) is 0 Å². The molecular weight excluding hydrogens is 332 g/mol. The highest BCUT2D eigenvalue weighted by molar-refractivity contribution is 9.10. The minimum atomic E-state index is -0.327. The smallest absolute Gasteiger partial charge is 0.273 e. The van der Waals surface area contributed by atoms with Crippen LogP contribution < -0.4 is 5.32 Å². The van der Waals surface area contributed by atoms with E-state index in [4.69, 9.17) is 0 Å². The molecule has 0 saturated heterocycles. The topological polar surface area (TPSA) is 55.2 Å². The van der Waals surface area contributed by atoms with Crippen LogP contribution in [0.4, 0.5) is 5.69 Å². The van der Waals surface area contributed by atoms with E-state index in [0.29, 0.717) is 18.2 Å². The fourth-order valence-corrected chi connectivity index (χ4v) is 3.24. The number of benzene rings is 2. The molecule has 1 aliphatic carbocycles. The standard InChI is InChI=1S/C16H15BrN2O2/c17-14-5-6-16(19(20)21)13(7-14)10-18-15-8-11-3-1-2-4-12(11)9-15/h1-7,15,18H,8-10H2. The quantitative estimate of drug-likeness (QED) is 0.679. The largest absolute Gasteiger partial charge is 0.309 e. The van der Waals surface area contributed by atoms with Crippen molar-refractivity contribution in [1.82, 2.24) is 5.32 Å². The lowest BCUT2D eigenvalue weighted by Crippen LogP contribution is -2.29. The van der Waals surface area contributed by atoms with Gasteiger partial charge in [0, 0.05) is 28.7 Å². The zero-order chi connectivity index (χ0) is 14.8. The van der Waals surface area contributed by atoms with E-state index in [1.807, 2.05) is 6.07 Å². The third-order valence-corrected chi connectivity index (χ3v) is 4.36.